The van der Waals surface area contributed by atoms with Crippen molar-refractivity contribution in [3.05, 3.63) is 82.0 Å². The normalized spacial score (nSPS) is 13.0. The van der Waals surface area contributed by atoms with Gasteiger partial charge < -0.3 is 14.6 Å². The van der Waals surface area contributed by atoms with E-state index in [-0.39, 0.29) is 23.9 Å². The van der Waals surface area contributed by atoms with Crippen LogP contribution in [0.2, 0.25) is 5.02 Å². The van der Waals surface area contributed by atoms with Crippen molar-refractivity contribution >= 4 is 34.8 Å². The summed E-state index contributed by atoms with van der Waals surface area (Å²) in [6, 6.07) is 11.0. The first-order valence-corrected chi connectivity index (χ1v) is 8.58. The molecule has 0 saturated heterocycles. The maximum absolute atomic E-state index is 14.5. The summed E-state index contributed by atoms with van der Waals surface area (Å²) < 4.78 is 19.6. The van der Waals surface area contributed by atoms with E-state index in [2.05, 4.69) is 5.32 Å². The molecule has 0 unspecified atom stereocenters. The Morgan fingerprint density at radius 1 is 1.26 bits per heavy atom. The molecule has 27 heavy (non-hydrogen) atoms. The van der Waals surface area contributed by atoms with Gasteiger partial charge >= 0.3 is 0 Å². The van der Waals surface area contributed by atoms with Crippen LogP contribution in [0.5, 0.6) is 0 Å². The van der Waals surface area contributed by atoms with Crippen LogP contribution in [0.15, 0.2) is 53.1 Å². The summed E-state index contributed by atoms with van der Waals surface area (Å²) in [5.74, 6) is -1.31. The molecule has 0 spiro atoms. The topological polar surface area (TPSA) is 62.6 Å². The minimum Gasteiger partial charge on any atom is -0.459 e. The molecule has 3 aromatic rings. The number of carbonyl (C=O) groups is 2. The number of amides is 2. The second-order valence-electron chi connectivity index (χ2n) is 6.21. The average molecular weight is 385 g/mol. The van der Waals surface area contributed by atoms with Gasteiger partial charge in [-0.05, 0) is 43.3 Å². The fourth-order valence-electron chi connectivity index (χ4n) is 3.06. The lowest BCUT2D eigenvalue weighted by Gasteiger charge is -2.17. The predicted molar refractivity (Wildman–Crippen MR) is 99.8 cm³/mol. The predicted octanol–water partition coefficient (Wildman–Crippen LogP) is 4.79. The van der Waals surface area contributed by atoms with Gasteiger partial charge in [0.15, 0.2) is 5.76 Å². The van der Waals surface area contributed by atoms with Gasteiger partial charge in [0.1, 0.15) is 5.82 Å². The molecule has 4 rings (SSSR count). The van der Waals surface area contributed by atoms with Crippen molar-refractivity contribution in [1.82, 2.24) is 0 Å². The Morgan fingerprint density at radius 3 is 2.74 bits per heavy atom. The summed E-state index contributed by atoms with van der Waals surface area (Å²) in [5.41, 5.74) is 2.27. The van der Waals surface area contributed by atoms with Crippen molar-refractivity contribution in [3.63, 3.8) is 0 Å². The van der Waals surface area contributed by atoms with Crippen molar-refractivity contribution in [3.8, 4) is 0 Å². The second-order valence-corrected chi connectivity index (χ2v) is 6.62. The van der Waals surface area contributed by atoms with Crippen LogP contribution in [0.1, 0.15) is 32.0 Å². The van der Waals surface area contributed by atoms with Crippen molar-refractivity contribution in [1.29, 1.82) is 0 Å². The number of aryl methyl sites for hydroxylation is 1. The third-order valence-electron chi connectivity index (χ3n) is 4.49. The Bertz CT molecular complexity index is 1080. The summed E-state index contributed by atoms with van der Waals surface area (Å²) in [4.78, 5) is 26.2. The van der Waals surface area contributed by atoms with Crippen molar-refractivity contribution in [2.75, 3.05) is 10.2 Å². The minimum absolute atomic E-state index is 0.00161. The Kier molecular flexibility index (Phi) is 4.20. The summed E-state index contributed by atoms with van der Waals surface area (Å²) in [5, 5.41) is 2.98. The molecule has 1 aliphatic heterocycles. The summed E-state index contributed by atoms with van der Waals surface area (Å²) in [7, 11) is 0. The number of rotatable bonds is 3. The molecule has 0 fully saturated rings. The Labute approximate surface area is 159 Å². The molecule has 1 aromatic heterocycles. The van der Waals surface area contributed by atoms with Gasteiger partial charge in [-0.15, -0.1) is 0 Å². The highest BCUT2D eigenvalue weighted by atomic mass is 35.5. The number of nitrogens with zero attached hydrogens (tertiary/aromatic N) is 1. The van der Waals surface area contributed by atoms with Gasteiger partial charge in [-0.2, -0.15) is 0 Å². The molecule has 0 bridgehead atoms. The van der Waals surface area contributed by atoms with E-state index in [0.717, 1.165) is 5.56 Å². The van der Waals surface area contributed by atoms with Crippen molar-refractivity contribution in [2.45, 2.75) is 13.5 Å². The Balaban J connectivity index is 1.58. The third-order valence-corrected chi connectivity index (χ3v) is 4.85. The quantitative estimate of drug-likeness (QED) is 0.706. The van der Waals surface area contributed by atoms with Crippen LogP contribution in [-0.2, 0) is 6.54 Å². The van der Waals surface area contributed by atoms with Gasteiger partial charge in [-0.3, -0.25) is 9.59 Å². The molecular weight excluding hydrogens is 371 g/mol. The van der Waals surface area contributed by atoms with Gasteiger partial charge in [0.25, 0.3) is 11.8 Å². The van der Waals surface area contributed by atoms with Crippen LogP contribution in [-0.4, -0.2) is 11.8 Å². The van der Waals surface area contributed by atoms with Crippen LogP contribution >= 0.6 is 11.6 Å². The second kappa shape index (κ2) is 6.55. The number of hydrogen-bond donors (Lipinski definition) is 1. The van der Waals surface area contributed by atoms with E-state index in [0.29, 0.717) is 21.8 Å². The first-order valence-electron chi connectivity index (χ1n) is 8.20. The number of nitrogens with one attached hydrogen (secondary N) is 1. The van der Waals surface area contributed by atoms with E-state index < -0.39 is 11.7 Å². The van der Waals surface area contributed by atoms with Gasteiger partial charge in [-0.25, -0.2) is 4.39 Å². The smallest absolute Gasteiger partial charge is 0.291 e. The Morgan fingerprint density at radius 2 is 2.07 bits per heavy atom. The zero-order chi connectivity index (χ0) is 19.1. The van der Waals surface area contributed by atoms with Crippen LogP contribution in [0.25, 0.3) is 0 Å². The molecule has 0 radical (unpaired) electrons. The molecule has 2 aromatic carbocycles. The molecule has 0 atom stereocenters. The number of furan rings is 1. The third kappa shape index (κ3) is 2.98. The summed E-state index contributed by atoms with van der Waals surface area (Å²) in [6.07, 6.45) is 1.39. The lowest BCUT2D eigenvalue weighted by Crippen LogP contribution is -2.23. The lowest BCUT2D eigenvalue weighted by atomic mass is 10.1. The van der Waals surface area contributed by atoms with Crippen molar-refractivity contribution in [2.24, 2.45) is 0 Å². The molecule has 2 amide bonds. The molecular formula is C20H14ClFN2O3. The lowest BCUT2D eigenvalue weighted by molar-refractivity contribution is 0.0987. The SMILES string of the molecule is Cc1ccoc1C(=O)Nc1ccc(N2Cc3c(Cl)cccc3C2=O)cc1F. The van der Waals surface area contributed by atoms with E-state index in [4.69, 9.17) is 16.0 Å². The molecule has 1 N–H and O–H groups in total. The Hall–Kier alpha value is -3.12. The van der Waals surface area contributed by atoms with Crippen LogP contribution in [0, 0.1) is 12.7 Å². The molecule has 2 heterocycles. The average Bonchev–Trinajstić information content (AvgIpc) is 3.21. The first kappa shape index (κ1) is 17.3. The first-order chi connectivity index (χ1) is 13.0. The molecule has 0 saturated carbocycles. The summed E-state index contributed by atoms with van der Waals surface area (Å²) >= 11 is 6.15. The van der Waals surface area contributed by atoms with Crippen LogP contribution < -0.4 is 10.2 Å². The number of halogens is 2. The molecule has 5 nitrogen and oxygen atoms in total. The zero-order valence-electron chi connectivity index (χ0n) is 14.3. The molecule has 136 valence electrons. The van der Waals surface area contributed by atoms with E-state index >= 15 is 0 Å². The van der Waals surface area contributed by atoms with Gasteiger partial charge in [-0.1, -0.05) is 17.7 Å². The number of benzene rings is 2. The highest BCUT2D eigenvalue weighted by Crippen LogP contribution is 2.33. The fraction of sp³-hybridized carbons (Fsp3) is 0.100. The molecule has 7 heteroatoms. The van der Waals surface area contributed by atoms with Gasteiger partial charge in [0.05, 0.1) is 18.5 Å². The molecule has 0 aliphatic carbocycles. The van der Waals surface area contributed by atoms with E-state index in [1.165, 1.54) is 23.3 Å². The maximum Gasteiger partial charge on any atom is 0.291 e. The van der Waals surface area contributed by atoms with Gasteiger partial charge in [0.2, 0.25) is 0 Å². The largest absolute Gasteiger partial charge is 0.459 e. The minimum atomic E-state index is -0.653. The van der Waals surface area contributed by atoms with Crippen molar-refractivity contribution < 1.29 is 18.4 Å². The van der Waals surface area contributed by atoms with Crippen LogP contribution in [0.3, 0.4) is 0 Å². The highest BCUT2D eigenvalue weighted by molar-refractivity contribution is 6.32. The highest BCUT2D eigenvalue weighted by Gasteiger charge is 2.30. The maximum atomic E-state index is 14.5. The van der Waals surface area contributed by atoms with E-state index in [1.54, 1.807) is 37.3 Å². The number of hydrogen-bond acceptors (Lipinski definition) is 3. The van der Waals surface area contributed by atoms with E-state index in [9.17, 15) is 14.0 Å². The van der Waals surface area contributed by atoms with Gasteiger partial charge in [0, 0.05) is 27.4 Å². The molecule has 1 aliphatic rings. The number of carbonyl (C=O) groups excluding carboxylic acids is 2. The van der Waals surface area contributed by atoms with E-state index in [1.807, 2.05) is 0 Å². The summed E-state index contributed by atoms with van der Waals surface area (Å²) in [6.45, 7) is 1.99. The zero-order valence-corrected chi connectivity index (χ0v) is 15.0. The standard InChI is InChI=1S/C20H14ClFN2O3/c1-11-7-8-27-18(11)19(25)23-17-6-5-12(9-16(17)22)24-10-14-13(20(24)26)3-2-4-15(14)21/h2-9H,10H2,1H3,(H,23,25). The van der Waals surface area contributed by atoms with Crippen LogP contribution in [0.4, 0.5) is 15.8 Å². The fourth-order valence-corrected chi connectivity index (χ4v) is 3.30. The number of anilines is 2. The number of fused-ring (bicyclic) bond motifs is 1. The monoisotopic (exact) mass is 384 g/mol.